The molecule has 8 heteroatoms. The quantitative estimate of drug-likeness (QED) is 0.453. The average Bonchev–Trinajstić information content (AvgIpc) is 3.56. The molecule has 1 heterocycles. The van der Waals surface area contributed by atoms with Crippen LogP contribution >= 0.6 is 0 Å². The molecule has 0 aromatic carbocycles. The standard InChI is InChI=1S/C27H44N4O4/c1-7-9-17(19(32)22(34)29-16-10-11-16)30-21(33)18-14-27(25(5,6)26(27)12-8-13-26)15-31(18)23(35)20(28)24(2,3)4/h16-18,20H,7-15,28H2,1-6H3,(H,29,34)(H,30,33)/t17?,18-,20-,27?/m0/s1. The van der Waals surface area contributed by atoms with Gasteiger partial charge in [0.15, 0.2) is 0 Å². The number of nitrogens with zero attached hydrogens (tertiary/aromatic N) is 1. The van der Waals surface area contributed by atoms with Crippen molar-refractivity contribution >= 4 is 23.5 Å². The normalized spacial score (nSPS) is 29.9. The summed E-state index contributed by atoms with van der Waals surface area (Å²) in [7, 11) is 0. The molecule has 3 amide bonds. The molecule has 4 atom stereocenters. The third kappa shape index (κ3) is 4.00. The van der Waals surface area contributed by atoms with Gasteiger partial charge in [-0.3, -0.25) is 19.2 Å². The highest BCUT2D eigenvalue weighted by Gasteiger charge is 2.85. The Morgan fingerprint density at radius 2 is 1.71 bits per heavy atom. The second-order valence-electron chi connectivity index (χ2n) is 13.1. The van der Waals surface area contributed by atoms with Gasteiger partial charge in [0.05, 0.1) is 12.1 Å². The van der Waals surface area contributed by atoms with Gasteiger partial charge >= 0.3 is 0 Å². The number of hydrogen-bond donors (Lipinski definition) is 3. The lowest BCUT2D eigenvalue weighted by atomic mass is 9.73. The van der Waals surface area contributed by atoms with Crippen molar-refractivity contribution in [3.8, 4) is 0 Å². The Labute approximate surface area is 209 Å². The molecule has 2 unspecified atom stereocenters. The molecule has 0 bridgehead atoms. The molecular weight excluding hydrogens is 444 g/mol. The molecule has 4 fully saturated rings. The van der Waals surface area contributed by atoms with Crippen LogP contribution in [0.3, 0.4) is 0 Å². The molecule has 4 N–H and O–H groups in total. The second-order valence-corrected chi connectivity index (χ2v) is 13.1. The van der Waals surface area contributed by atoms with E-state index in [1.807, 2.05) is 27.7 Å². The van der Waals surface area contributed by atoms with Crippen LogP contribution in [0.1, 0.15) is 92.9 Å². The Balaban J connectivity index is 1.56. The molecule has 4 aliphatic rings. The summed E-state index contributed by atoms with van der Waals surface area (Å²) >= 11 is 0. The van der Waals surface area contributed by atoms with Crippen molar-refractivity contribution in [1.29, 1.82) is 0 Å². The van der Waals surface area contributed by atoms with Gasteiger partial charge in [0.2, 0.25) is 17.6 Å². The number of carbonyl (C=O) groups excluding carboxylic acids is 4. The van der Waals surface area contributed by atoms with E-state index >= 15 is 0 Å². The van der Waals surface area contributed by atoms with E-state index in [9.17, 15) is 19.2 Å². The van der Waals surface area contributed by atoms with Crippen LogP contribution in [0.15, 0.2) is 0 Å². The van der Waals surface area contributed by atoms with Crippen molar-refractivity contribution in [1.82, 2.24) is 15.5 Å². The van der Waals surface area contributed by atoms with Crippen LogP contribution in [0.4, 0.5) is 0 Å². The number of ketones is 1. The highest BCUT2D eigenvalue weighted by molar-refractivity contribution is 6.38. The van der Waals surface area contributed by atoms with Crippen molar-refractivity contribution in [2.45, 2.75) is 117 Å². The first-order chi connectivity index (χ1) is 16.2. The van der Waals surface area contributed by atoms with Crippen molar-refractivity contribution in [2.24, 2.45) is 27.4 Å². The van der Waals surface area contributed by atoms with Crippen molar-refractivity contribution in [3.05, 3.63) is 0 Å². The minimum atomic E-state index is -0.888. The van der Waals surface area contributed by atoms with E-state index in [0.29, 0.717) is 25.8 Å². The first-order valence-electron chi connectivity index (χ1n) is 13.4. The molecule has 3 aliphatic carbocycles. The van der Waals surface area contributed by atoms with Crippen molar-refractivity contribution < 1.29 is 19.2 Å². The van der Waals surface area contributed by atoms with Gasteiger partial charge in [0.25, 0.3) is 5.91 Å². The first kappa shape index (κ1) is 26.1. The summed E-state index contributed by atoms with van der Waals surface area (Å²) in [6.45, 7) is 12.8. The van der Waals surface area contributed by atoms with E-state index in [2.05, 4.69) is 24.5 Å². The summed E-state index contributed by atoms with van der Waals surface area (Å²) in [6, 6.07) is -2.24. The lowest BCUT2D eigenvalue weighted by Crippen LogP contribution is -2.57. The second kappa shape index (κ2) is 8.56. The van der Waals surface area contributed by atoms with E-state index in [1.165, 1.54) is 6.42 Å². The van der Waals surface area contributed by atoms with Crippen LogP contribution in [0.25, 0.3) is 0 Å². The van der Waals surface area contributed by atoms with Crippen LogP contribution in [0.5, 0.6) is 0 Å². The van der Waals surface area contributed by atoms with Gasteiger partial charge in [-0.05, 0) is 54.8 Å². The highest BCUT2D eigenvalue weighted by Crippen LogP contribution is 2.88. The Morgan fingerprint density at radius 3 is 2.17 bits per heavy atom. The molecule has 8 nitrogen and oxygen atoms in total. The van der Waals surface area contributed by atoms with Crippen LogP contribution in [0, 0.1) is 21.7 Å². The Bertz CT molecular complexity index is 915. The molecule has 4 rings (SSSR count). The fourth-order valence-electron chi connectivity index (χ4n) is 7.08. The number of fused-ring (bicyclic) bond motifs is 1. The maximum absolute atomic E-state index is 13.7. The monoisotopic (exact) mass is 488 g/mol. The minimum Gasteiger partial charge on any atom is -0.347 e. The molecule has 2 spiro atoms. The Morgan fingerprint density at radius 1 is 1.09 bits per heavy atom. The van der Waals surface area contributed by atoms with E-state index in [4.69, 9.17) is 5.73 Å². The zero-order chi connectivity index (χ0) is 26.0. The molecule has 1 aliphatic heterocycles. The smallest absolute Gasteiger partial charge is 0.289 e. The Kier molecular flexibility index (Phi) is 6.39. The largest absolute Gasteiger partial charge is 0.347 e. The molecule has 0 aromatic heterocycles. The molecule has 0 aromatic rings. The third-order valence-electron chi connectivity index (χ3n) is 9.94. The summed E-state index contributed by atoms with van der Waals surface area (Å²) in [6.07, 6.45) is 6.81. The summed E-state index contributed by atoms with van der Waals surface area (Å²) in [5, 5.41) is 5.60. The van der Waals surface area contributed by atoms with Crippen LogP contribution in [0.2, 0.25) is 0 Å². The summed E-state index contributed by atoms with van der Waals surface area (Å²) < 4.78 is 0. The van der Waals surface area contributed by atoms with E-state index in [0.717, 1.165) is 25.7 Å². The molecule has 1 saturated heterocycles. The van der Waals surface area contributed by atoms with Gasteiger partial charge in [0, 0.05) is 18.0 Å². The number of nitrogens with one attached hydrogen (secondary N) is 2. The summed E-state index contributed by atoms with van der Waals surface area (Å²) in [5.74, 6) is -1.80. The first-order valence-corrected chi connectivity index (χ1v) is 13.4. The molecule has 35 heavy (non-hydrogen) atoms. The van der Waals surface area contributed by atoms with Crippen LogP contribution in [-0.4, -0.2) is 59.1 Å². The lowest BCUT2D eigenvalue weighted by molar-refractivity contribution is -0.143. The fourth-order valence-corrected chi connectivity index (χ4v) is 7.08. The maximum Gasteiger partial charge on any atom is 0.289 e. The Hall–Kier alpha value is -1.96. The number of rotatable bonds is 8. The van der Waals surface area contributed by atoms with Gasteiger partial charge in [-0.25, -0.2) is 0 Å². The third-order valence-corrected chi connectivity index (χ3v) is 9.94. The van der Waals surface area contributed by atoms with Crippen molar-refractivity contribution in [2.75, 3.05) is 6.54 Å². The van der Waals surface area contributed by atoms with Gasteiger partial charge in [-0.2, -0.15) is 0 Å². The summed E-state index contributed by atoms with van der Waals surface area (Å²) in [4.78, 5) is 54.3. The number of amides is 3. The predicted octanol–water partition coefficient (Wildman–Crippen LogP) is 2.29. The fraction of sp³-hybridized carbons (Fsp3) is 0.852. The number of nitrogens with two attached hydrogens (primary N) is 1. The molecular formula is C27H44N4O4. The number of likely N-dealkylation sites (tertiary alicyclic amines) is 1. The van der Waals surface area contributed by atoms with E-state index in [1.54, 1.807) is 4.90 Å². The summed E-state index contributed by atoms with van der Waals surface area (Å²) in [5.41, 5.74) is 6.05. The number of carbonyl (C=O) groups is 4. The predicted molar refractivity (Wildman–Crippen MR) is 133 cm³/mol. The van der Waals surface area contributed by atoms with Gasteiger partial charge < -0.3 is 21.3 Å². The highest BCUT2D eigenvalue weighted by atomic mass is 16.2. The van der Waals surface area contributed by atoms with E-state index < -0.39 is 35.2 Å². The molecule has 196 valence electrons. The molecule has 0 radical (unpaired) electrons. The number of hydrogen-bond acceptors (Lipinski definition) is 5. The molecule has 3 saturated carbocycles. The number of Topliss-reactive ketones (excluding diaryl/α,β-unsaturated/α-hetero) is 1. The van der Waals surface area contributed by atoms with Gasteiger partial charge in [-0.1, -0.05) is 54.4 Å². The van der Waals surface area contributed by atoms with Gasteiger partial charge in [-0.15, -0.1) is 0 Å². The topological polar surface area (TPSA) is 122 Å². The zero-order valence-corrected chi connectivity index (χ0v) is 22.3. The zero-order valence-electron chi connectivity index (χ0n) is 22.3. The van der Waals surface area contributed by atoms with E-state index in [-0.39, 0.29) is 34.1 Å². The minimum absolute atomic E-state index is 0.0421. The van der Waals surface area contributed by atoms with Crippen LogP contribution < -0.4 is 16.4 Å². The lowest BCUT2D eigenvalue weighted by Gasteiger charge is -2.33. The SMILES string of the molecule is CCCC(NC(=O)[C@@H]1CC2(CN1C(=O)[C@H](N)C(C)(C)C)C(C)(C)C21CCC1)C(=O)C(=O)NC1CC1. The van der Waals surface area contributed by atoms with Crippen LogP contribution in [-0.2, 0) is 19.2 Å². The van der Waals surface area contributed by atoms with Gasteiger partial charge in [0.1, 0.15) is 6.04 Å². The average molecular weight is 489 g/mol. The maximum atomic E-state index is 13.7. The van der Waals surface area contributed by atoms with Crippen molar-refractivity contribution in [3.63, 3.8) is 0 Å².